The van der Waals surface area contributed by atoms with E-state index in [4.69, 9.17) is 5.73 Å². The molecule has 0 aliphatic carbocycles. The van der Waals surface area contributed by atoms with E-state index in [1.54, 1.807) is 0 Å². The van der Waals surface area contributed by atoms with E-state index < -0.39 is 21.8 Å². The van der Waals surface area contributed by atoms with Crippen LogP contribution in [0, 0.1) is 0 Å². The Morgan fingerprint density at radius 3 is 2.35 bits per heavy atom. The summed E-state index contributed by atoms with van der Waals surface area (Å²) < 4.78 is 25.6. The van der Waals surface area contributed by atoms with Gasteiger partial charge in [0.1, 0.15) is 4.90 Å². The van der Waals surface area contributed by atoms with Crippen LogP contribution < -0.4 is 20.7 Å². The van der Waals surface area contributed by atoms with Crippen molar-refractivity contribution in [1.82, 2.24) is 10.0 Å². The van der Waals surface area contributed by atoms with Gasteiger partial charge in [-0.2, -0.15) is 0 Å². The van der Waals surface area contributed by atoms with E-state index in [0.717, 1.165) is 0 Å². The van der Waals surface area contributed by atoms with Crippen LogP contribution in [0.25, 0.3) is 0 Å². The highest BCUT2D eigenvalue weighted by Crippen LogP contribution is 2.25. The third-order valence-electron chi connectivity index (χ3n) is 2.86. The zero-order valence-electron chi connectivity index (χ0n) is 10.7. The van der Waals surface area contributed by atoms with Gasteiger partial charge in [0.25, 0.3) is 0 Å². The van der Waals surface area contributed by atoms with Crippen LogP contribution >= 0.6 is 0 Å². The van der Waals surface area contributed by atoms with Crippen molar-refractivity contribution < 1.29 is 18.0 Å². The fraction of sp³-hybridized carbons (Fsp3) is 0.273. The first-order valence-electron chi connectivity index (χ1n) is 5.74. The highest BCUT2D eigenvalue weighted by atomic mass is 32.2. The molecule has 0 atom stereocenters. The summed E-state index contributed by atoms with van der Waals surface area (Å²) in [5, 5.41) is 2.18. The monoisotopic (exact) mass is 298 g/mol. The quantitative estimate of drug-likeness (QED) is 0.468. The maximum Gasteiger partial charge on any atom is 0.246 e. The van der Waals surface area contributed by atoms with Gasteiger partial charge in [0.15, 0.2) is 0 Å². The van der Waals surface area contributed by atoms with Crippen molar-refractivity contribution >= 4 is 33.2 Å². The molecular weight excluding hydrogens is 284 g/mol. The summed E-state index contributed by atoms with van der Waals surface area (Å²) in [5.74, 6) is -0.821. The van der Waals surface area contributed by atoms with Gasteiger partial charge in [-0.05, 0) is 25.2 Å². The Labute approximate surface area is 116 Å². The highest BCUT2D eigenvalue weighted by Gasteiger charge is 2.24. The number of amides is 2. The van der Waals surface area contributed by atoms with E-state index in [1.807, 2.05) is 0 Å². The number of piperazine rings is 1. The Morgan fingerprint density at radius 1 is 1.25 bits per heavy atom. The average Bonchev–Trinajstić information content (AvgIpc) is 2.37. The molecule has 8 nitrogen and oxygen atoms in total. The van der Waals surface area contributed by atoms with Gasteiger partial charge in [-0.1, -0.05) is 0 Å². The highest BCUT2D eigenvalue weighted by molar-refractivity contribution is 7.89. The van der Waals surface area contributed by atoms with Gasteiger partial charge in [0.2, 0.25) is 21.8 Å². The van der Waals surface area contributed by atoms with E-state index in [9.17, 15) is 18.0 Å². The van der Waals surface area contributed by atoms with Gasteiger partial charge < -0.3 is 10.6 Å². The number of nitrogens with one attached hydrogen (secondary N) is 2. The molecule has 1 saturated heterocycles. The first kappa shape index (κ1) is 14.3. The standard InChI is InChI=1S/C11H14N4O4S/c1-13-20(18,19)9-3-2-7(4-8(9)12)15-5-10(16)14-11(17)6-15/h2-4,13H,5-6,12H2,1H3,(H,14,16,17). The number of rotatable bonds is 3. The van der Waals surface area contributed by atoms with Crippen molar-refractivity contribution in [2.75, 3.05) is 30.8 Å². The normalized spacial score (nSPS) is 16.1. The number of benzene rings is 1. The molecule has 1 aliphatic rings. The number of sulfonamides is 1. The molecule has 9 heteroatoms. The van der Waals surface area contributed by atoms with Crippen molar-refractivity contribution in [2.45, 2.75) is 4.90 Å². The summed E-state index contributed by atoms with van der Waals surface area (Å²) in [6.07, 6.45) is 0. The molecule has 0 bridgehead atoms. The lowest BCUT2D eigenvalue weighted by Gasteiger charge is -2.27. The van der Waals surface area contributed by atoms with Crippen molar-refractivity contribution in [2.24, 2.45) is 0 Å². The average molecular weight is 298 g/mol. The number of carbonyl (C=O) groups is 2. The fourth-order valence-electron chi connectivity index (χ4n) is 1.91. The molecule has 108 valence electrons. The molecule has 1 aromatic carbocycles. The summed E-state index contributed by atoms with van der Waals surface area (Å²) in [6.45, 7) is 0.0343. The van der Waals surface area contributed by atoms with Gasteiger partial charge >= 0.3 is 0 Å². The summed E-state index contributed by atoms with van der Waals surface area (Å²) >= 11 is 0. The minimum Gasteiger partial charge on any atom is -0.398 e. The van der Waals surface area contributed by atoms with E-state index >= 15 is 0 Å². The Balaban J connectivity index is 2.34. The van der Waals surface area contributed by atoms with E-state index in [1.165, 1.54) is 30.1 Å². The van der Waals surface area contributed by atoms with Crippen molar-refractivity contribution in [3.63, 3.8) is 0 Å². The number of nitrogens with zero attached hydrogens (tertiary/aromatic N) is 1. The van der Waals surface area contributed by atoms with Gasteiger partial charge in [-0.15, -0.1) is 0 Å². The van der Waals surface area contributed by atoms with Gasteiger partial charge in [-0.25, -0.2) is 13.1 Å². The third-order valence-corrected chi connectivity index (χ3v) is 4.35. The molecule has 2 amide bonds. The van der Waals surface area contributed by atoms with Gasteiger partial charge in [0, 0.05) is 5.69 Å². The van der Waals surface area contributed by atoms with Crippen LogP contribution in [-0.4, -0.2) is 40.4 Å². The second-order valence-corrected chi connectivity index (χ2v) is 6.11. The molecule has 1 heterocycles. The number of hydrogen-bond acceptors (Lipinski definition) is 6. The second-order valence-electron chi connectivity index (χ2n) is 4.26. The number of hydrogen-bond donors (Lipinski definition) is 3. The topological polar surface area (TPSA) is 122 Å². The first-order valence-corrected chi connectivity index (χ1v) is 7.22. The SMILES string of the molecule is CNS(=O)(=O)c1ccc(N2CC(=O)NC(=O)C2)cc1N. The molecule has 1 fully saturated rings. The largest absolute Gasteiger partial charge is 0.398 e. The maximum absolute atomic E-state index is 11.7. The predicted octanol–water partition coefficient (Wildman–Crippen LogP) is -1.36. The lowest BCUT2D eigenvalue weighted by atomic mass is 10.2. The van der Waals surface area contributed by atoms with Crippen molar-refractivity contribution in [3.8, 4) is 0 Å². The Morgan fingerprint density at radius 2 is 1.85 bits per heavy atom. The van der Waals surface area contributed by atoms with E-state index in [-0.39, 0.29) is 23.7 Å². The third kappa shape index (κ3) is 2.73. The first-order chi connectivity index (χ1) is 9.33. The fourth-order valence-corrected chi connectivity index (χ4v) is 2.74. The molecule has 0 saturated carbocycles. The number of nitrogens with two attached hydrogens (primary N) is 1. The zero-order chi connectivity index (χ0) is 14.9. The van der Waals surface area contributed by atoms with Crippen LogP contribution in [0.5, 0.6) is 0 Å². The summed E-state index contributed by atoms with van der Waals surface area (Å²) in [5.41, 5.74) is 6.29. The Hall–Kier alpha value is -2.13. The molecule has 4 N–H and O–H groups in total. The van der Waals surface area contributed by atoms with Crippen molar-refractivity contribution in [1.29, 1.82) is 0 Å². The predicted molar refractivity (Wildman–Crippen MR) is 72.5 cm³/mol. The Bertz CT molecular complexity index is 655. The molecule has 1 aliphatic heterocycles. The number of imide groups is 1. The molecule has 2 rings (SSSR count). The summed E-state index contributed by atoms with van der Waals surface area (Å²) in [7, 11) is -2.35. The molecule has 1 aromatic rings. The van der Waals surface area contributed by atoms with Gasteiger partial charge in [0.05, 0.1) is 18.8 Å². The second kappa shape index (κ2) is 5.10. The van der Waals surface area contributed by atoms with Crippen LogP contribution in [0.4, 0.5) is 11.4 Å². The number of carbonyl (C=O) groups excluding carboxylic acids is 2. The number of nitrogen functional groups attached to an aromatic ring is 1. The van der Waals surface area contributed by atoms with Crippen LogP contribution in [0.15, 0.2) is 23.1 Å². The Kier molecular flexibility index (Phi) is 3.64. The minimum absolute atomic E-state index is 0.0172. The summed E-state index contributed by atoms with van der Waals surface area (Å²) in [4.78, 5) is 24.1. The molecule has 20 heavy (non-hydrogen) atoms. The molecule has 0 spiro atoms. The van der Waals surface area contributed by atoms with Crippen LogP contribution in [0.3, 0.4) is 0 Å². The van der Waals surface area contributed by atoms with Crippen LogP contribution in [0.1, 0.15) is 0 Å². The smallest absolute Gasteiger partial charge is 0.246 e. The number of anilines is 2. The minimum atomic E-state index is -3.64. The van der Waals surface area contributed by atoms with Crippen molar-refractivity contribution in [3.05, 3.63) is 18.2 Å². The van der Waals surface area contributed by atoms with Gasteiger partial charge in [-0.3, -0.25) is 14.9 Å². The molecule has 0 aromatic heterocycles. The zero-order valence-corrected chi connectivity index (χ0v) is 11.5. The lowest BCUT2D eigenvalue weighted by molar-refractivity contribution is -0.130. The molecule has 0 unspecified atom stereocenters. The van der Waals surface area contributed by atoms with E-state index in [0.29, 0.717) is 5.69 Å². The molecule has 0 radical (unpaired) electrons. The van der Waals surface area contributed by atoms with Crippen LogP contribution in [-0.2, 0) is 19.6 Å². The maximum atomic E-state index is 11.7. The molecular formula is C11H14N4O4S. The lowest BCUT2D eigenvalue weighted by Crippen LogP contribution is -2.51. The van der Waals surface area contributed by atoms with E-state index in [2.05, 4.69) is 10.0 Å². The summed E-state index contributed by atoms with van der Waals surface area (Å²) in [6, 6.07) is 4.27. The van der Waals surface area contributed by atoms with Crippen LogP contribution in [0.2, 0.25) is 0 Å².